The van der Waals surface area contributed by atoms with Crippen molar-refractivity contribution in [3.05, 3.63) is 17.7 Å². The Morgan fingerprint density at radius 2 is 2.13 bits per heavy atom. The van der Waals surface area contributed by atoms with Crippen LogP contribution in [0.25, 0.3) is 0 Å². The van der Waals surface area contributed by atoms with E-state index in [1.807, 2.05) is 6.92 Å². The van der Waals surface area contributed by atoms with Crippen LogP contribution < -0.4 is 0 Å². The summed E-state index contributed by atoms with van der Waals surface area (Å²) in [6, 6.07) is 0. The maximum Gasteiger partial charge on any atom is 0.315 e. The maximum absolute atomic E-state index is 11.5. The predicted octanol–water partition coefficient (Wildman–Crippen LogP) is 2.00. The van der Waals surface area contributed by atoms with Crippen molar-refractivity contribution in [2.45, 2.75) is 44.4 Å². The minimum absolute atomic E-state index is 0.716. The van der Waals surface area contributed by atoms with E-state index in [4.69, 9.17) is 0 Å². The maximum atomic E-state index is 11.5. The lowest BCUT2D eigenvalue weighted by atomic mass is 9.71. The van der Waals surface area contributed by atoms with Crippen molar-refractivity contribution >= 4 is 5.97 Å². The van der Waals surface area contributed by atoms with Crippen LogP contribution >= 0.6 is 0 Å². The molecule has 1 heterocycles. The van der Waals surface area contributed by atoms with E-state index in [-0.39, 0.29) is 0 Å². The second kappa shape index (κ2) is 3.68. The third-order valence-electron chi connectivity index (χ3n) is 3.40. The average Bonchev–Trinajstić information content (AvgIpc) is 2.66. The van der Waals surface area contributed by atoms with Crippen LogP contribution in [0.4, 0.5) is 0 Å². The van der Waals surface area contributed by atoms with Crippen LogP contribution in [-0.2, 0) is 10.2 Å². The molecule has 1 aromatic heterocycles. The van der Waals surface area contributed by atoms with Crippen molar-refractivity contribution in [3.63, 3.8) is 0 Å². The fourth-order valence-corrected chi connectivity index (χ4v) is 2.55. The Balaban J connectivity index is 2.42. The first-order chi connectivity index (χ1) is 7.17. The van der Waals surface area contributed by atoms with Crippen molar-refractivity contribution in [1.29, 1.82) is 0 Å². The Hall–Kier alpha value is -1.32. The van der Waals surface area contributed by atoms with E-state index in [2.05, 4.69) is 9.97 Å². The summed E-state index contributed by atoms with van der Waals surface area (Å²) in [5, 5.41) is 9.43. The minimum atomic E-state index is -0.734. The summed E-state index contributed by atoms with van der Waals surface area (Å²) in [5.41, 5.74) is 0.886. The molecule has 0 amide bonds. The second-order valence-electron chi connectivity index (χ2n) is 4.32. The zero-order valence-electron chi connectivity index (χ0n) is 8.92. The average molecular weight is 208 g/mol. The van der Waals surface area contributed by atoms with Gasteiger partial charge in [-0.2, -0.15) is 0 Å². The third kappa shape index (κ3) is 1.54. The van der Waals surface area contributed by atoms with Gasteiger partial charge in [-0.3, -0.25) is 4.79 Å². The van der Waals surface area contributed by atoms with Crippen molar-refractivity contribution < 1.29 is 9.90 Å². The van der Waals surface area contributed by atoms with Crippen molar-refractivity contribution in [1.82, 2.24) is 9.97 Å². The van der Waals surface area contributed by atoms with Crippen molar-refractivity contribution in [3.8, 4) is 0 Å². The first kappa shape index (κ1) is 10.2. The van der Waals surface area contributed by atoms with Gasteiger partial charge in [0.1, 0.15) is 5.41 Å². The number of aromatic amines is 1. The molecule has 0 saturated heterocycles. The number of carbonyl (C=O) groups is 1. The zero-order valence-corrected chi connectivity index (χ0v) is 8.92. The molecule has 0 atom stereocenters. The summed E-state index contributed by atoms with van der Waals surface area (Å²) in [6.45, 7) is 1.89. The lowest BCUT2D eigenvalue weighted by Gasteiger charge is -2.32. The molecule has 4 heteroatoms. The van der Waals surface area contributed by atoms with Gasteiger partial charge in [-0.25, -0.2) is 4.98 Å². The van der Waals surface area contributed by atoms with Crippen LogP contribution in [0.2, 0.25) is 0 Å². The van der Waals surface area contributed by atoms with E-state index >= 15 is 0 Å². The second-order valence-corrected chi connectivity index (χ2v) is 4.32. The largest absolute Gasteiger partial charge is 0.481 e. The number of aromatic nitrogens is 2. The molecule has 1 aliphatic carbocycles. The van der Waals surface area contributed by atoms with Crippen LogP contribution in [0.3, 0.4) is 0 Å². The Bertz CT molecular complexity index is 364. The number of hydrogen-bond acceptors (Lipinski definition) is 2. The quantitative estimate of drug-likeness (QED) is 0.781. The minimum Gasteiger partial charge on any atom is -0.481 e. The molecule has 1 aromatic rings. The molecule has 82 valence electrons. The summed E-state index contributed by atoms with van der Waals surface area (Å²) in [7, 11) is 0. The first-order valence-corrected chi connectivity index (χ1v) is 5.41. The Morgan fingerprint density at radius 1 is 1.47 bits per heavy atom. The summed E-state index contributed by atoms with van der Waals surface area (Å²) < 4.78 is 0. The molecule has 0 radical (unpaired) electrons. The van der Waals surface area contributed by atoms with Gasteiger partial charge in [0, 0.05) is 5.69 Å². The number of carboxylic acid groups (broad SMARTS) is 1. The van der Waals surface area contributed by atoms with E-state index in [0.29, 0.717) is 12.8 Å². The third-order valence-corrected chi connectivity index (χ3v) is 3.40. The standard InChI is InChI=1S/C11H16N2O2/c1-8-9(13-7-12-8)11(10(14)15)5-3-2-4-6-11/h7H,2-6H2,1H3,(H,12,13)(H,14,15). The van der Waals surface area contributed by atoms with Gasteiger partial charge in [0.05, 0.1) is 12.0 Å². The molecule has 0 bridgehead atoms. The number of nitrogens with one attached hydrogen (secondary N) is 1. The number of imidazole rings is 1. The fraction of sp³-hybridized carbons (Fsp3) is 0.636. The van der Waals surface area contributed by atoms with Gasteiger partial charge in [-0.1, -0.05) is 19.3 Å². The number of carboxylic acids is 1. The molecule has 2 rings (SSSR count). The van der Waals surface area contributed by atoms with E-state index in [0.717, 1.165) is 30.7 Å². The molecular formula is C11H16N2O2. The fourth-order valence-electron chi connectivity index (χ4n) is 2.55. The Labute approximate surface area is 88.7 Å². The summed E-state index contributed by atoms with van der Waals surface area (Å²) in [5.74, 6) is -0.725. The van der Waals surface area contributed by atoms with Crippen molar-refractivity contribution in [2.75, 3.05) is 0 Å². The number of aryl methyl sites for hydroxylation is 1. The number of hydrogen-bond donors (Lipinski definition) is 2. The molecule has 1 aliphatic rings. The van der Waals surface area contributed by atoms with Gasteiger partial charge in [-0.15, -0.1) is 0 Å². The number of aliphatic carboxylic acids is 1. The highest BCUT2D eigenvalue weighted by molar-refractivity contribution is 5.81. The number of H-pyrrole nitrogens is 1. The number of rotatable bonds is 2. The van der Waals surface area contributed by atoms with Gasteiger partial charge in [0.15, 0.2) is 0 Å². The molecule has 1 saturated carbocycles. The molecule has 0 aliphatic heterocycles. The van der Waals surface area contributed by atoms with Crippen LogP contribution in [0, 0.1) is 6.92 Å². The molecule has 0 unspecified atom stereocenters. The van der Waals surface area contributed by atoms with Crippen LogP contribution in [0.15, 0.2) is 6.33 Å². The van der Waals surface area contributed by atoms with Gasteiger partial charge in [-0.05, 0) is 19.8 Å². The molecule has 1 fully saturated rings. The number of nitrogens with zero attached hydrogens (tertiary/aromatic N) is 1. The summed E-state index contributed by atoms with van der Waals surface area (Å²) in [6.07, 6.45) is 6.13. The monoisotopic (exact) mass is 208 g/mol. The molecule has 15 heavy (non-hydrogen) atoms. The first-order valence-electron chi connectivity index (χ1n) is 5.41. The summed E-state index contributed by atoms with van der Waals surface area (Å²) in [4.78, 5) is 18.6. The normalized spacial score (nSPS) is 20.1. The van der Waals surface area contributed by atoms with E-state index in [1.54, 1.807) is 6.33 Å². The SMILES string of the molecule is Cc1[nH]cnc1C1(C(=O)O)CCCCC1. The van der Waals surface area contributed by atoms with E-state index < -0.39 is 11.4 Å². The summed E-state index contributed by atoms with van der Waals surface area (Å²) >= 11 is 0. The molecule has 0 aromatic carbocycles. The lowest BCUT2D eigenvalue weighted by Crippen LogP contribution is -2.38. The zero-order chi connectivity index (χ0) is 10.9. The van der Waals surface area contributed by atoms with E-state index in [1.165, 1.54) is 0 Å². The van der Waals surface area contributed by atoms with E-state index in [9.17, 15) is 9.90 Å². The Morgan fingerprint density at radius 3 is 2.60 bits per heavy atom. The van der Waals surface area contributed by atoms with Gasteiger partial charge in [0.2, 0.25) is 0 Å². The van der Waals surface area contributed by atoms with Crippen LogP contribution in [-0.4, -0.2) is 21.0 Å². The Kier molecular flexibility index (Phi) is 2.50. The van der Waals surface area contributed by atoms with Gasteiger partial charge in [0.25, 0.3) is 0 Å². The van der Waals surface area contributed by atoms with Gasteiger partial charge >= 0.3 is 5.97 Å². The highest BCUT2D eigenvalue weighted by Crippen LogP contribution is 2.39. The predicted molar refractivity (Wildman–Crippen MR) is 55.7 cm³/mol. The molecule has 0 spiro atoms. The van der Waals surface area contributed by atoms with Crippen molar-refractivity contribution in [2.24, 2.45) is 0 Å². The lowest BCUT2D eigenvalue weighted by molar-refractivity contribution is -0.145. The molecular weight excluding hydrogens is 192 g/mol. The molecule has 2 N–H and O–H groups in total. The highest BCUT2D eigenvalue weighted by Gasteiger charge is 2.43. The van der Waals surface area contributed by atoms with Gasteiger partial charge < -0.3 is 10.1 Å². The van der Waals surface area contributed by atoms with Crippen LogP contribution in [0.5, 0.6) is 0 Å². The van der Waals surface area contributed by atoms with Crippen LogP contribution in [0.1, 0.15) is 43.5 Å². The molecule has 4 nitrogen and oxygen atoms in total. The highest BCUT2D eigenvalue weighted by atomic mass is 16.4. The topological polar surface area (TPSA) is 66.0 Å². The smallest absolute Gasteiger partial charge is 0.315 e.